The first kappa shape index (κ1) is 21.9. The van der Waals surface area contributed by atoms with Gasteiger partial charge in [-0.15, -0.1) is 0 Å². The SMILES string of the molecule is CNC(=O)/C(=N/OC)c1ccccc1OC/N=C(\C)c1cccc(C(F)(F)F)c1. The second kappa shape index (κ2) is 9.72. The minimum Gasteiger partial charge on any atom is -0.471 e. The molecule has 6 nitrogen and oxygen atoms in total. The highest BCUT2D eigenvalue weighted by Crippen LogP contribution is 2.29. The largest absolute Gasteiger partial charge is 0.471 e. The monoisotopic (exact) mass is 407 g/mol. The molecule has 0 unspecified atom stereocenters. The summed E-state index contributed by atoms with van der Waals surface area (Å²) in [4.78, 5) is 20.9. The van der Waals surface area contributed by atoms with Crippen molar-refractivity contribution in [3.8, 4) is 5.75 Å². The third-order valence-corrected chi connectivity index (χ3v) is 3.90. The molecule has 0 fully saturated rings. The first-order chi connectivity index (χ1) is 13.8. The van der Waals surface area contributed by atoms with Gasteiger partial charge in [0.05, 0.1) is 11.1 Å². The minimum absolute atomic E-state index is 0.0178. The van der Waals surface area contributed by atoms with Gasteiger partial charge in [0.15, 0.2) is 12.4 Å². The highest BCUT2D eigenvalue weighted by atomic mass is 19.4. The number of alkyl halides is 3. The van der Waals surface area contributed by atoms with Gasteiger partial charge in [-0.3, -0.25) is 9.79 Å². The molecule has 0 aliphatic heterocycles. The van der Waals surface area contributed by atoms with E-state index in [4.69, 9.17) is 9.57 Å². The number of carbonyl (C=O) groups is 1. The molecule has 1 N–H and O–H groups in total. The Morgan fingerprint density at radius 1 is 1.14 bits per heavy atom. The van der Waals surface area contributed by atoms with Gasteiger partial charge in [0.2, 0.25) is 0 Å². The Morgan fingerprint density at radius 3 is 2.52 bits per heavy atom. The van der Waals surface area contributed by atoms with Crippen molar-refractivity contribution in [1.82, 2.24) is 5.32 Å². The number of hydrogen-bond acceptors (Lipinski definition) is 5. The molecule has 0 saturated heterocycles. The van der Waals surface area contributed by atoms with Gasteiger partial charge in [0, 0.05) is 12.8 Å². The number of hydrogen-bond donors (Lipinski definition) is 1. The molecule has 0 atom stereocenters. The first-order valence-corrected chi connectivity index (χ1v) is 8.52. The number of carbonyl (C=O) groups excluding carboxylic acids is 1. The van der Waals surface area contributed by atoms with Crippen LogP contribution in [0.4, 0.5) is 13.2 Å². The topological polar surface area (TPSA) is 72.3 Å². The minimum atomic E-state index is -4.43. The molecule has 0 heterocycles. The molecule has 0 bridgehead atoms. The van der Waals surface area contributed by atoms with Crippen molar-refractivity contribution in [2.45, 2.75) is 13.1 Å². The van der Waals surface area contributed by atoms with Gasteiger partial charge in [-0.25, -0.2) is 0 Å². The smallest absolute Gasteiger partial charge is 0.416 e. The number of para-hydroxylation sites is 1. The van der Waals surface area contributed by atoms with E-state index in [1.165, 1.54) is 26.3 Å². The number of nitrogens with one attached hydrogen (secondary N) is 1. The predicted molar refractivity (Wildman–Crippen MR) is 103 cm³/mol. The van der Waals surface area contributed by atoms with E-state index in [1.807, 2.05) is 0 Å². The summed E-state index contributed by atoms with van der Waals surface area (Å²) in [6.07, 6.45) is -4.43. The predicted octanol–water partition coefficient (Wildman–Crippen LogP) is 3.65. The van der Waals surface area contributed by atoms with Crippen LogP contribution in [0, 0.1) is 0 Å². The standard InChI is InChI=1S/C20H20F3N3O3/c1-13(14-7-6-8-15(11-14)20(21,22)23)25-12-29-17-10-5-4-9-16(17)18(26-28-3)19(27)24-2/h4-11H,12H2,1-3H3,(H,24,27)/b25-13+,26-18+. The number of amides is 1. The second-order valence-corrected chi connectivity index (χ2v) is 5.79. The fourth-order valence-electron chi connectivity index (χ4n) is 2.42. The fourth-order valence-corrected chi connectivity index (χ4v) is 2.42. The van der Waals surface area contributed by atoms with Crippen molar-refractivity contribution < 1.29 is 27.5 Å². The summed E-state index contributed by atoms with van der Waals surface area (Å²) in [6.45, 7) is 1.43. The third-order valence-electron chi connectivity index (χ3n) is 3.90. The summed E-state index contributed by atoms with van der Waals surface area (Å²) in [5.74, 6) is -0.140. The van der Waals surface area contributed by atoms with E-state index in [0.717, 1.165) is 12.1 Å². The highest BCUT2D eigenvalue weighted by Gasteiger charge is 2.30. The summed E-state index contributed by atoms with van der Waals surface area (Å²) < 4.78 is 44.2. The van der Waals surface area contributed by atoms with Gasteiger partial charge < -0.3 is 14.9 Å². The lowest BCUT2D eigenvalue weighted by Gasteiger charge is -2.12. The molecule has 0 saturated carbocycles. The molecule has 1 amide bonds. The summed E-state index contributed by atoms with van der Waals surface area (Å²) in [7, 11) is 2.77. The van der Waals surface area contributed by atoms with Crippen LogP contribution in [0.15, 0.2) is 58.7 Å². The molecule has 2 rings (SSSR count). The van der Waals surface area contributed by atoms with E-state index in [1.54, 1.807) is 31.2 Å². The van der Waals surface area contributed by atoms with Crippen molar-refractivity contribution in [1.29, 1.82) is 0 Å². The Hall–Kier alpha value is -3.36. The number of likely N-dealkylation sites (N-methyl/N-ethyl adjacent to an activating group) is 1. The summed E-state index contributed by atoms with van der Waals surface area (Å²) in [6, 6.07) is 11.6. The normalized spacial score (nSPS) is 12.5. The average Bonchev–Trinajstić information content (AvgIpc) is 2.71. The molecule has 0 radical (unpaired) electrons. The maximum Gasteiger partial charge on any atom is 0.416 e. The van der Waals surface area contributed by atoms with E-state index in [-0.39, 0.29) is 12.4 Å². The maximum absolute atomic E-state index is 12.9. The fraction of sp³-hybridized carbons (Fsp3) is 0.250. The van der Waals surface area contributed by atoms with Crippen molar-refractivity contribution in [3.05, 3.63) is 65.2 Å². The number of benzene rings is 2. The number of ether oxygens (including phenoxy) is 1. The van der Waals surface area contributed by atoms with Crippen LogP contribution in [-0.4, -0.2) is 38.2 Å². The zero-order chi connectivity index (χ0) is 21.4. The molecule has 0 spiro atoms. The second-order valence-electron chi connectivity index (χ2n) is 5.79. The maximum atomic E-state index is 12.9. The van der Waals surface area contributed by atoms with Crippen LogP contribution < -0.4 is 10.1 Å². The van der Waals surface area contributed by atoms with Crippen LogP contribution in [0.5, 0.6) is 5.75 Å². The van der Waals surface area contributed by atoms with Crippen molar-refractivity contribution in [2.75, 3.05) is 20.9 Å². The van der Waals surface area contributed by atoms with Gasteiger partial charge in [-0.1, -0.05) is 29.4 Å². The van der Waals surface area contributed by atoms with Crippen LogP contribution >= 0.6 is 0 Å². The van der Waals surface area contributed by atoms with E-state index >= 15 is 0 Å². The van der Waals surface area contributed by atoms with Crippen LogP contribution in [0.1, 0.15) is 23.6 Å². The van der Waals surface area contributed by atoms with Gasteiger partial charge in [0.1, 0.15) is 12.9 Å². The van der Waals surface area contributed by atoms with Crippen LogP contribution in [0.2, 0.25) is 0 Å². The Bertz CT molecular complexity index is 924. The molecule has 2 aromatic carbocycles. The molecule has 29 heavy (non-hydrogen) atoms. The van der Waals surface area contributed by atoms with Crippen LogP contribution in [0.25, 0.3) is 0 Å². The molecule has 0 aromatic heterocycles. The lowest BCUT2D eigenvalue weighted by Crippen LogP contribution is -2.29. The molecule has 2 aromatic rings. The number of oxime groups is 1. The number of aliphatic imine (C=N–C) groups is 1. The number of halogens is 3. The Morgan fingerprint density at radius 2 is 1.86 bits per heavy atom. The van der Waals surface area contributed by atoms with E-state index in [0.29, 0.717) is 22.6 Å². The van der Waals surface area contributed by atoms with Gasteiger partial charge in [-0.05, 0) is 36.8 Å². The lowest BCUT2D eigenvalue weighted by atomic mass is 10.1. The Labute approximate surface area is 166 Å². The van der Waals surface area contributed by atoms with Crippen LogP contribution in [0.3, 0.4) is 0 Å². The molecular weight excluding hydrogens is 387 g/mol. The number of nitrogens with zero attached hydrogens (tertiary/aromatic N) is 2. The molecule has 154 valence electrons. The summed E-state index contributed by atoms with van der Waals surface area (Å²) >= 11 is 0. The van der Waals surface area contributed by atoms with Crippen LogP contribution in [-0.2, 0) is 15.8 Å². The Kier molecular flexibility index (Phi) is 7.35. The van der Waals surface area contributed by atoms with Gasteiger partial charge in [-0.2, -0.15) is 13.2 Å². The van der Waals surface area contributed by atoms with Gasteiger partial charge in [0.25, 0.3) is 5.91 Å². The Balaban J connectivity index is 2.21. The van der Waals surface area contributed by atoms with Crippen molar-refractivity contribution in [2.24, 2.45) is 10.1 Å². The molecule has 9 heteroatoms. The number of rotatable bonds is 7. The average molecular weight is 407 g/mol. The lowest BCUT2D eigenvalue weighted by molar-refractivity contribution is -0.137. The summed E-state index contributed by atoms with van der Waals surface area (Å²) in [5, 5.41) is 6.20. The van der Waals surface area contributed by atoms with Crippen molar-refractivity contribution >= 4 is 17.3 Å². The molecule has 0 aliphatic carbocycles. The van der Waals surface area contributed by atoms with E-state index in [9.17, 15) is 18.0 Å². The van der Waals surface area contributed by atoms with E-state index in [2.05, 4.69) is 15.5 Å². The first-order valence-electron chi connectivity index (χ1n) is 8.52. The highest BCUT2D eigenvalue weighted by molar-refractivity contribution is 6.45. The molecular formula is C20H20F3N3O3. The quantitative estimate of drug-likeness (QED) is 0.563. The van der Waals surface area contributed by atoms with E-state index < -0.39 is 17.6 Å². The summed E-state index contributed by atoms with van der Waals surface area (Å²) in [5.41, 5.74) is 0.376. The van der Waals surface area contributed by atoms with Gasteiger partial charge >= 0.3 is 6.18 Å². The zero-order valence-corrected chi connectivity index (χ0v) is 16.1. The molecule has 0 aliphatic rings. The zero-order valence-electron chi connectivity index (χ0n) is 16.1. The third kappa shape index (κ3) is 5.81. The van der Waals surface area contributed by atoms with Crippen molar-refractivity contribution in [3.63, 3.8) is 0 Å².